The zero-order chi connectivity index (χ0) is 33.5. The fraction of sp³-hybridized carbons (Fsp3) is 0.0217. The van der Waals surface area contributed by atoms with Crippen LogP contribution in [0.4, 0.5) is 0 Å². The number of aromatic nitrogens is 2. The Morgan fingerprint density at radius 2 is 1.20 bits per heavy atom. The Bertz CT molecular complexity index is 3040. The number of nitrogens with zero attached hydrogens (tertiary/aromatic N) is 3. The predicted molar refractivity (Wildman–Crippen MR) is 211 cm³/mol. The van der Waals surface area contributed by atoms with Gasteiger partial charge in [-0.2, -0.15) is 0 Å². The Kier molecular flexibility index (Phi) is 5.95. The molecular formula is C46H30N4O. The van der Waals surface area contributed by atoms with E-state index < -0.39 is 0 Å². The maximum Gasteiger partial charge on any atom is 0.209 e. The molecular weight excluding hydrogens is 625 g/mol. The molecule has 240 valence electrons. The summed E-state index contributed by atoms with van der Waals surface area (Å²) in [6.45, 7) is 0. The van der Waals surface area contributed by atoms with Crippen molar-refractivity contribution in [2.24, 2.45) is 4.99 Å². The van der Waals surface area contributed by atoms with Crippen molar-refractivity contribution in [1.82, 2.24) is 14.5 Å². The third-order valence-corrected chi connectivity index (χ3v) is 10.4. The highest BCUT2D eigenvalue weighted by Crippen LogP contribution is 2.43. The number of rotatable bonds is 3. The lowest BCUT2D eigenvalue weighted by atomic mass is 10.0. The lowest BCUT2D eigenvalue weighted by molar-refractivity contribution is 0.673. The van der Waals surface area contributed by atoms with Gasteiger partial charge in [0.2, 0.25) is 5.96 Å². The molecule has 0 fully saturated rings. The Morgan fingerprint density at radius 1 is 0.510 bits per heavy atom. The first-order valence-corrected chi connectivity index (χ1v) is 17.3. The van der Waals surface area contributed by atoms with Crippen LogP contribution >= 0.6 is 0 Å². The van der Waals surface area contributed by atoms with Crippen LogP contribution in [-0.4, -0.2) is 15.1 Å². The molecule has 11 rings (SSSR count). The molecule has 1 N–H and O–H groups in total. The number of nitrogens with one attached hydrogen (secondary N) is 1. The first-order chi connectivity index (χ1) is 25.3. The number of benzene rings is 7. The van der Waals surface area contributed by atoms with Crippen molar-refractivity contribution in [2.45, 2.75) is 6.04 Å². The topological polar surface area (TPSA) is 47.4 Å². The van der Waals surface area contributed by atoms with Gasteiger partial charge in [0.15, 0.2) is 0 Å². The molecule has 0 bridgehead atoms. The molecule has 10 aromatic rings. The molecule has 1 aliphatic rings. The molecule has 1 atom stereocenters. The van der Waals surface area contributed by atoms with Gasteiger partial charge in [0, 0.05) is 38.2 Å². The summed E-state index contributed by atoms with van der Waals surface area (Å²) in [6.07, 6.45) is 2.23. The molecule has 0 saturated heterocycles. The van der Waals surface area contributed by atoms with Crippen LogP contribution in [0.5, 0.6) is 0 Å². The first-order valence-electron chi connectivity index (χ1n) is 17.3. The lowest BCUT2D eigenvalue weighted by Crippen LogP contribution is -2.35. The monoisotopic (exact) mass is 654 g/mol. The van der Waals surface area contributed by atoms with Gasteiger partial charge in [0.05, 0.1) is 39.2 Å². The van der Waals surface area contributed by atoms with E-state index in [1.165, 1.54) is 21.9 Å². The highest BCUT2D eigenvalue weighted by atomic mass is 16.3. The molecule has 5 nitrogen and oxygen atoms in total. The van der Waals surface area contributed by atoms with Crippen LogP contribution in [0.2, 0.25) is 0 Å². The smallest absolute Gasteiger partial charge is 0.209 e. The second kappa shape index (κ2) is 10.8. The Morgan fingerprint density at radius 3 is 2.02 bits per heavy atom. The van der Waals surface area contributed by atoms with Crippen LogP contribution in [0.15, 0.2) is 179 Å². The molecule has 5 heteroatoms. The molecule has 4 heterocycles. The number of hydrogen-bond donors (Lipinski definition) is 1. The summed E-state index contributed by atoms with van der Waals surface area (Å²) in [6, 6.07) is 57.7. The molecule has 0 spiro atoms. The zero-order valence-corrected chi connectivity index (χ0v) is 27.5. The van der Waals surface area contributed by atoms with Crippen molar-refractivity contribution in [1.29, 1.82) is 0 Å². The molecule has 0 radical (unpaired) electrons. The maximum atomic E-state index is 6.74. The van der Waals surface area contributed by atoms with E-state index in [4.69, 9.17) is 9.41 Å². The van der Waals surface area contributed by atoms with Crippen LogP contribution in [0, 0.1) is 0 Å². The average molecular weight is 655 g/mol. The third-order valence-electron chi connectivity index (χ3n) is 10.4. The number of hydrogen-bond acceptors (Lipinski definition) is 3. The van der Waals surface area contributed by atoms with Gasteiger partial charge in [-0.15, -0.1) is 0 Å². The second-order valence-corrected chi connectivity index (χ2v) is 13.2. The minimum Gasteiger partial charge on any atom is -0.455 e. The normalized spacial score (nSPS) is 14.9. The van der Waals surface area contributed by atoms with Crippen LogP contribution in [0.1, 0.15) is 17.2 Å². The molecule has 0 saturated carbocycles. The molecule has 0 aliphatic carbocycles. The summed E-state index contributed by atoms with van der Waals surface area (Å²) >= 11 is 0. The lowest BCUT2D eigenvalue weighted by Gasteiger charge is -2.25. The summed E-state index contributed by atoms with van der Waals surface area (Å²) in [7, 11) is 0. The van der Waals surface area contributed by atoms with E-state index in [-0.39, 0.29) is 6.04 Å². The quantitative estimate of drug-likeness (QED) is 0.206. The standard InChI is InChI=1S/C46H30N4O/c1-4-14-29(15-5-1)37-27-38(30-16-6-2-7-17-30)48-46(47-37)50-40-25-24-34-33-21-11-13-23-43(33)51-45(34)44(40)36-26-35-32-20-10-12-22-39(32)49(41(35)28-42(36)50)31-18-8-3-9-19-31/h1-28,37H,(H,47,48). The maximum absolute atomic E-state index is 6.74. The summed E-state index contributed by atoms with van der Waals surface area (Å²) in [4.78, 5) is 5.39. The third kappa shape index (κ3) is 4.18. The van der Waals surface area contributed by atoms with Crippen molar-refractivity contribution >= 4 is 77.2 Å². The van der Waals surface area contributed by atoms with Crippen molar-refractivity contribution < 1.29 is 4.42 Å². The molecule has 51 heavy (non-hydrogen) atoms. The Labute approximate surface area is 293 Å². The second-order valence-electron chi connectivity index (χ2n) is 13.2. The van der Waals surface area contributed by atoms with Gasteiger partial charge in [-0.05, 0) is 60.2 Å². The van der Waals surface area contributed by atoms with Gasteiger partial charge in [-0.1, -0.05) is 115 Å². The summed E-state index contributed by atoms with van der Waals surface area (Å²) in [5.74, 6) is 0.766. The van der Waals surface area contributed by atoms with E-state index in [1.807, 2.05) is 12.1 Å². The van der Waals surface area contributed by atoms with Gasteiger partial charge in [0.25, 0.3) is 0 Å². The Hall–Kier alpha value is -6.85. The van der Waals surface area contributed by atoms with Crippen LogP contribution < -0.4 is 5.32 Å². The van der Waals surface area contributed by atoms with Crippen molar-refractivity contribution in [3.8, 4) is 5.69 Å². The molecule has 0 amide bonds. The fourth-order valence-electron chi connectivity index (χ4n) is 8.07. The largest absolute Gasteiger partial charge is 0.455 e. The highest BCUT2D eigenvalue weighted by molar-refractivity contribution is 6.28. The first kappa shape index (κ1) is 28.0. The van der Waals surface area contributed by atoms with Crippen LogP contribution in [0.3, 0.4) is 0 Å². The minimum atomic E-state index is -0.0872. The van der Waals surface area contributed by atoms with Crippen molar-refractivity contribution in [2.75, 3.05) is 0 Å². The number of aliphatic imine (C=N–C) groups is 1. The number of furan rings is 1. The van der Waals surface area contributed by atoms with Gasteiger partial charge in [0.1, 0.15) is 11.2 Å². The predicted octanol–water partition coefficient (Wildman–Crippen LogP) is 11.4. The number of fused-ring (bicyclic) bond motifs is 10. The summed E-state index contributed by atoms with van der Waals surface area (Å²) in [5, 5.41) is 10.7. The Balaban J connectivity index is 1.28. The highest BCUT2D eigenvalue weighted by Gasteiger charge is 2.26. The summed E-state index contributed by atoms with van der Waals surface area (Å²) < 4.78 is 11.4. The molecule has 1 aliphatic heterocycles. The van der Waals surface area contributed by atoms with Gasteiger partial charge < -0.3 is 14.3 Å². The summed E-state index contributed by atoms with van der Waals surface area (Å²) in [5.41, 5.74) is 10.5. The van der Waals surface area contributed by atoms with E-state index in [1.54, 1.807) is 0 Å². The van der Waals surface area contributed by atoms with E-state index in [9.17, 15) is 0 Å². The number of para-hydroxylation sites is 3. The van der Waals surface area contributed by atoms with E-state index in [0.29, 0.717) is 0 Å². The van der Waals surface area contributed by atoms with Gasteiger partial charge in [-0.3, -0.25) is 4.57 Å². The molecule has 1 unspecified atom stereocenters. The van der Waals surface area contributed by atoms with Gasteiger partial charge in [-0.25, -0.2) is 4.99 Å². The minimum absolute atomic E-state index is 0.0872. The molecule has 3 aromatic heterocycles. The SMILES string of the molecule is C1=C(c2ccccc2)N=C(n2c3cc4c(cc3c3c5oc6ccccc6c5ccc32)c2ccccc2n4-c2ccccc2)NC1c1ccccc1. The molecule has 7 aromatic carbocycles. The zero-order valence-electron chi connectivity index (χ0n) is 27.5. The van der Waals surface area contributed by atoms with Crippen LogP contribution in [0.25, 0.3) is 76.9 Å². The van der Waals surface area contributed by atoms with E-state index in [0.717, 1.165) is 72.2 Å². The van der Waals surface area contributed by atoms with Crippen LogP contribution in [-0.2, 0) is 0 Å². The van der Waals surface area contributed by atoms with E-state index in [2.05, 4.69) is 172 Å². The fourth-order valence-corrected chi connectivity index (χ4v) is 8.07. The average Bonchev–Trinajstić information content (AvgIpc) is 3.85. The van der Waals surface area contributed by atoms with Gasteiger partial charge >= 0.3 is 0 Å². The van der Waals surface area contributed by atoms with Crippen molar-refractivity contribution in [3.05, 3.63) is 181 Å². The van der Waals surface area contributed by atoms with E-state index >= 15 is 0 Å². The van der Waals surface area contributed by atoms with Crippen molar-refractivity contribution in [3.63, 3.8) is 0 Å².